The van der Waals surface area contributed by atoms with Crippen LogP contribution in [-0.2, 0) is 6.54 Å². The molecule has 0 saturated heterocycles. The van der Waals surface area contributed by atoms with Crippen molar-refractivity contribution in [1.82, 2.24) is 14.8 Å². The van der Waals surface area contributed by atoms with E-state index in [0.717, 1.165) is 11.1 Å². The molecule has 3 rings (SSSR count). The molecule has 0 fully saturated rings. The van der Waals surface area contributed by atoms with Gasteiger partial charge in [0.05, 0.1) is 24.7 Å². The number of ether oxygens (including phenoxy) is 1. The maximum atomic E-state index is 13.1. The van der Waals surface area contributed by atoms with Crippen LogP contribution in [0.4, 0.5) is 8.78 Å². The predicted octanol–water partition coefficient (Wildman–Crippen LogP) is 3.34. The second-order valence-corrected chi connectivity index (χ2v) is 5.13. The Balaban J connectivity index is 2.09. The van der Waals surface area contributed by atoms with Crippen molar-refractivity contribution in [2.75, 3.05) is 7.11 Å². The normalized spacial score (nSPS) is 11.0. The van der Waals surface area contributed by atoms with E-state index in [2.05, 4.69) is 10.1 Å². The van der Waals surface area contributed by atoms with Crippen LogP contribution in [0.2, 0.25) is 0 Å². The predicted molar refractivity (Wildman–Crippen MR) is 86.2 cm³/mol. The lowest BCUT2D eigenvalue weighted by Crippen LogP contribution is -2.01. The molecule has 2 heterocycles. The summed E-state index contributed by atoms with van der Waals surface area (Å²) in [5.41, 5.74) is 8.16. The molecule has 124 valence electrons. The monoisotopic (exact) mass is 330 g/mol. The summed E-state index contributed by atoms with van der Waals surface area (Å²) in [6, 6.07) is 12.1. The molecular formula is C17H16F2N4O. The first kappa shape index (κ1) is 16.1. The van der Waals surface area contributed by atoms with E-state index in [-0.39, 0.29) is 5.69 Å². The van der Waals surface area contributed by atoms with Crippen LogP contribution in [-0.4, -0.2) is 21.9 Å². The quantitative estimate of drug-likeness (QED) is 0.779. The highest BCUT2D eigenvalue weighted by atomic mass is 19.3. The highest BCUT2D eigenvalue weighted by Crippen LogP contribution is 2.28. The standard InChI is InChI=1S/C17H16F2N4O/c1-24-16-7-6-13(10-21-16)23-15(8-14(22-23)17(18)19)12-4-2-11(9-20)3-5-12/h2-8,10,17H,9,20H2,1H3. The van der Waals surface area contributed by atoms with Gasteiger partial charge in [0, 0.05) is 18.2 Å². The number of benzene rings is 1. The van der Waals surface area contributed by atoms with Crippen LogP contribution < -0.4 is 10.5 Å². The van der Waals surface area contributed by atoms with E-state index in [1.54, 1.807) is 12.1 Å². The summed E-state index contributed by atoms with van der Waals surface area (Å²) in [5.74, 6) is 0.439. The number of rotatable bonds is 5. The maximum Gasteiger partial charge on any atom is 0.282 e. The fourth-order valence-electron chi connectivity index (χ4n) is 2.34. The molecule has 0 aliphatic carbocycles. The second kappa shape index (κ2) is 6.76. The minimum absolute atomic E-state index is 0.288. The van der Waals surface area contributed by atoms with Gasteiger partial charge in [-0.2, -0.15) is 5.10 Å². The Bertz CT molecular complexity index is 749. The third-order valence-corrected chi connectivity index (χ3v) is 3.61. The number of methoxy groups -OCH3 is 1. The first-order valence-electron chi connectivity index (χ1n) is 7.30. The van der Waals surface area contributed by atoms with Gasteiger partial charge in [0.2, 0.25) is 5.88 Å². The maximum absolute atomic E-state index is 13.1. The summed E-state index contributed by atoms with van der Waals surface area (Å²) in [6.45, 7) is 0.421. The van der Waals surface area contributed by atoms with Gasteiger partial charge in [-0.3, -0.25) is 0 Å². The summed E-state index contributed by atoms with van der Waals surface area (Å²) in [7, 11) is 1.51. The summed E-state index contributed by atoms with van der Waals surface area (Å²) >= 11 is 0. The molecule has 0 saturated carbocycles. The lowest BCUT2D eigenvalue weighted by molar-refractivity contribution is 0.145. The van der Waals surface area contributed by atoms with Crippen molar-refractivity contribution in [2.45, 2.75) is 13.0 Å². The van der Waals surface area contributed by atoms with Crippen LogP contribution in [0.15, 0.2) is 48.7 Å². The molecule has 0 atom stereocenters. The van der Waals surface area contributed by atoms with Crippen LogP contribution in [0.1, 0.15) is 17.7 Å². The molecule has 7 heteroatoms. The van der Waals surface area contributed by atoms with Gasteiger partial charge in [0.1, 0.15) is 5.69 Å². The van der Waals surface area contributed by atoms with Gasteiger partial charge < -0.3 is 10.5 Å². The molecule has 3 aromatic rings. The van der Waals surface area contributed by atoms with Gasteiger partial charge in [-0.05, 0) is 17.7 Å². The molecule has 0 radical (unpaired) electrons. The lowest BCUT2D eigenvalue weighted by Gasteiger charge is -2.08. The van der Waals surface area contributed by atoms with Gasteiger partial charge in [-0.1, -0.05) is 24.3 Å². The topological polar surface area (TPSA) is 66.0 Å². The van der Waals surface area contributed by atoms with E-state index in [4.69, 9.17) is 10.5 Å². The Morgan fingerprint density at radius 3 is 2.46 bits per heavy atom. The summed E-state index contributed by atoms with van der Waals surface area (Å²) in [5, 5.41) is 4.02. The van der Waals surface area contributed by atoms with E-state index >= 15 is 0 Å². The van der Waals surface area contributed by atoms with Crippen LogP contribution in [0.3, 0.4) is 0 Å². The van der Waals surface area contributed by atoms with Crippen LogP contribution in [0.25, 0.3) is 16.9 Å². The number of nitrogens with zero attached hydrogens (tertiary/aromatic N) is 3. The third-order valence-electron chi connectivity index (χ3n) is 3.61. The van der Waals surface area contributed by atoms with Crippen molar-refractivity contribution in [3.8, 4) is 22.8 Å². The van der Waals surface area contributed by atoms with Crippen LogP contribution in [0.5, 0.6) is 5.88 Å². The minimum atomic E-state index is -2.65. The molecule has 0 aliphatic heterocycles. The fraction of sp³-hybridized carbons (Fsp3) is 0.176. The molecule has 0 amide bonds. The highest BCUT2D eigenvalue weighted by Gasteiger charge is 2.18. The molecule has 0 bridgehead atoms. The highest BCUT2D eigenvalue weighted by molar-refractivity contribution is 5.63. The minimum Gasteiger partial charge on any atom is -0.481 e. The number of pyridine rings is 1. The molecule has 5 nitrogen and oxygen atoms in total. The van der Waals surface area contributed by atoms with Gasteiger partial charge in [-0.15, -0.1) is 0 Å². The van der Waals surface area contributed by atoms with Gasteiger partial charge in [0.25, 0.3) is 6.43 Å². The van der Waals surface area contributed by atoms with Crippen molar-refractivity contribution in [3.05, 3.63) is 59.9 Å². The Labute approximate surface area is 137 Å². The van der Waals surface area contributed by atoms with E-state index in [1.165, 1.54) is 24.1 Å². The number of hydrogen-bond donors (Lipinski definition) is 1. The number of halogens is 2. The number of nitrogens with two attached hydrogens (primary N) is 1. The largest absolute Gasteiger partial charge is 0.481 e. The fourth-order valence-corrected chi connectivity index (χ4v) is 2.34. The second-order valence-electron chi connectivity index (χ2n) is 5.13. The van der Waals surface area contributed by atoms with Crippen molar-refractivity contribution in [1.29, 1.82) is 0 Å². The van der Waals surface area contributed by atoms with Crippen molar-refractivity contribution in [3.63, 3.8) is 0 Å². The third kappa shape index (κ3) is 3.11. The van der Waals surface area contributed by atoms with Gasteiger partial charge in [0.15, 0.2) is 0 Å². The van der Waals surface area contributed by atoms with Crippen molar-refractivity contribution >= 4 is 0 Å². The Hall–Kier alpha value is -2.80. The smallest absolute Gasteiger partial charge is 0.282 e. The van der Waals surface area contributed by atoms with Crippen molar-refractivity contribution < 1.29 is 13.5 Å². The number of alkyl halides is 2. The molecule has 0 aliphatic rings. The Morgan fingerprint density at radius 1 is 1.17 bits per heavy atom. The lowest BCUT2D eigenvalue weighted by atomic mass is 10.1. The SMILES string of the molecule is COc1ccc(-n2nc(C(F)F)cc2-c2ccc(CN)cc2)cn1. The van der Waals surface area contributed by atoms with E-state index in [0.29, 0.717) is 23.8 Å². The Kier molecular flexibility index (Phi) is 4.52. The van der Waals surface area contributed by atoms with Gasteiger partial charge in [-0.25, -0.2) is 18.4 Å². The molecule has 0 unspecified atom stereocenters. The summed E-state index contributed by atoms with van der Waals surface area (Å²) in [4.78, 5) is 4.10. The number of hydrogen-bond acceptors (Lipinski definition) is 4. The molecule has 0 spiro atoms. The summed E-state index contributed by atoms with van der Waals surface area (Å²) < 4.78 is 32.7. The average molecular weight is 330 g/mol. The van der Waals surface area contributed by atoms with Crippen LogP contribution in [0, 0.1) is 0 Å². The average Bonchev–Trinajstić information content (AvgIpc) is 3.07. The zero-order valence-electron chi connectivity index (χ0n) is 13.0. The van der Waals surface area contributed by atoms with E-state index in [1.807, 2.05) is 24.3 Å². The zero-order valence-corrected chi connectivity index (χ0v) is 13.0. The molecule has 1 aromatic carbocycles. The molecule has 2 aromatic heterocycles. The summed E-state index contributed by atoms with van der Waals surface area (Å²) in [6.07, 6.45) is -1.13. The molecule has 2 N–H and O–H groups in total. The molecule has 24 heavy (non-hydrogen) atoms. The zero-order chi connectivity index (χ0) is 17.1. The molecular weight excluding hydrogens is 314 g/mol. The van der Waals surface area contributed by atoms with Crippen LogP contribution >= 0.6 is 0 Å². The van der Waals surface area contributed by atoms with E-state index < -0.39 is 6.43 Å². The number of aromatic nitrogens is 3. The van der Waals surface area contributed by atoms with Gasteiger partial charge >= 0.3 is 0 Å². The Morgan fingerprint density at radius 2 is 1.92 bits per heavy atom. The first-order valence-corrected chi connectivity index (χ1v) is 7.30. The van der Waals surface area contributed by atoms with Crippen molar-refractivity contribution in [2.24, 2.45) is 5.73 Å². The van der Waals surface area contributed by atoms with E-state index in [9.17, 15) is 8.78 Å². The first-order chi connectivity index (χ1) is 11.6.